The molecular formula is C10H9FN2O2S. The summed E-state index contributed by atoms with van der Waals surface area (Å²) in [5.41, 5.74) is 0.506. The van der Waals surface area contributed by atoms with E-state index in [0.717, 1.165) is 6.26 Å². The molecule has 0 unspecified atom stereocenters. The zero-order valence-electron chi connectivity index (χ0n) is 8.46. The zero-order chi connectivity index (χ0) is 11.8. The smallest absolute Gasteiger partial charge is 0.192 e. The fourth-order valence-electron chi connectivity index (χ4n) is 1.35. The predicted molar refractivity (Wildman–Crippen MR) is 56.6 cm³/mol. The van der Waals surface area contributed by atoms with Gasteiger partial charge in [0.15, 0.2) is 14.9 Å². The Morgan fingerprint density at radius 2 is 1.81 bits per heavy atom. The van der Waals surface area contributed by atoms with Crippen molar-refractivity contribution in [1.29, 1.82) is 0 Å². The lowest BCUT2D eigenvalue weighted by Gasteiger charge is -2.05. The van der Waals surface area contributed by atoms with E-state index in [4.69, 9.17) is 0 Å². The lowest BCUT2D eigenvalue weighted by molar-refractivity contribution is 0.591. The van der Waals surface area contributed by atoms with Gasteiger partial charge in [0.1, 0.15) is 5.82 Å². The maximum atomic E-state index is 12.7. The second kappa shape index (κ2) is 3.71. The van der Waals surface area contributed by atoms with Crippen LogP contribution in [0.15, 0.2) is 41.6 Å². The van der Waals surface area contributed by atoms with Gasteiger partial charge < -0.3 is 0 Å². The Balaban J connectivity index is 2.58. The van der Waals surface area contributed by atoms with Crippen molar-refractivity contribution in [2.45, 2.75) is 5.03 Å². The van der Waals surface area contributed by atoms with Crippen LogP contribution in [0.1, 0.15) is 0 Å². The van der Waals surface area contributed by atoms with E-state index in [1.54, 1.807) is 0 Å². The summed E-state index contributed by atoms with van der Waals surface area (Å²) in [6.07, 6.45) is 2.49. The van der Waals surface area contributed by atoms with Crippen LogP contribution in [0.3, 0.4) is 0 Å². The Morgan fingerprint density at radius 1 is 1.19 bits per heavy atom. The van der Waals surface area contributed by atoms with Gasteiger partial charge in [-0.2, -0.15) is 5.10 Å². The summed E-state index contributed by atoms with van der Waals surface area (Å²) in [5.74, 6) is -0.378. The molecule has 0 fully saturated rings. The normalized spacial score (nSPS) is 11.6. The molecule has 0 aliphatic heterocycles. The third-order valence-electron chi connectivity index (χ3n) is 2.06. The average molecular weight is 240 g/mol. The zero-order valence-corrected chi connectivity index (χ0v) is 9.28. The van der Waals surface area contributed by atoms with Crippen LogP contribution in [0, 0.1) is 5.82 Å². The molecule has 0 spiro atoms. The maximum Gasteiger partial charge on any atom is 0.192 e. The molecule has 1 aromatic carbocycles. The van der Waals surface area contributed by atoms with Crippen LogP contribution in [0.4, 0.5) is 4.39 Å². The number of halogens is 1. The molecule has 4 nitrogen and oxygen atoms in total. The molecule has 16 heavy (non-hydrogen) atoms. The van der Waals surface area contributed by atoms with Crippen LogP contribution in [0.25, 0.3) is 5.69 Å². The van der Waals surface area contributed by atoms with Crippen molar-refractivity contribution in [2.75, 3.05) is 6.26 Å². The lowest BCUT2D eigenvalue weighted by Crippen LogP contribution is -2.07. The van der Waals surface area contributed by atoms with Gasteiger partial charge in [0.25, 0.3) is 0 Å². The molecule has 0 aliphatic rings. The third kappa shape index (κ3) is 1.96. The van der Waals surface area contributed by atoms with Crippen LogP contribution < -0.4 is 0 Å². The standard InChI is InChI=1S/C10H9FN2O2S/c1-16(14,15)10-6-7-12-13(10)9-4-2-8(11)3-5-9/h2-7H,1H3. The Labute approximate surface area is 92.3 Å². The van der Waals surface area contributed by atoms with Crippen LogP contribution in [0.2, 0.25) is 0 Å². The first-order valence-electron chi connectivity index (χ1n) is 4.48. The number of hydrogen-bond acceptors (Lipinski definition) is 3. The van der Waals surface area contributed by atoms with Gasteiger partial charge >= 0.3 is 0 Å². The van der Waals surface area contributed by atoms with Gasteiger partial charge in [0.2, 0.25) is 0 Å². The molecule has 0 N–H and O–H groups in total. The summed E-state index contributed by atoms with van der Waals surface area (Å²) in [4.78, 5) is 0. The van der Waals surface area contributed by atoms with Gasteiger partial charge in [-0.3, -0.25) is 0 Å². The van der Waals surface area contributed by atoms with Crippen LogP contribution in [0.5, 0.6) is 0 Å². The van der Waals surface area contributed by atoms with Crippen molar-refractivity contribution in [3.05, 3.63) is 42.3 Å². The number of benzene rings is 1. The molecule has 2 rings (SSSR count). The van der Waals surface area contributed by atoms with Crippen molar-refractivity contribution in [2.24, 2.45) is 0 Å². The quantitative estimate of drug-likeness (QED) is 0.797. The Bertz CT molecular complexity index is 602. The van der Waals surface area contributed by atoms with E-state index in [-0.39, 0.29) is 10.8 Å². The molecule has 1 heterocycles. The van der Waals surface area contributed by atoms with Crippen molar-refractivity contribution >= 4 is 9.84 Å². The fraction of sp³-hybridized carbons (Fsp3) is 0.100. The minimum absolute atomic E-state index is 0.0825. The number of sulfone groups is 1. The van der Waals surface area contributed by atoms with Crippen LogP contribution in [-0.4, -0.2) is 24.5 Å². The number of hydrogen-bond donors (Lipinski definition) is 0. The first kappa shape index (κ1) is 10.8. The number of aromatic nitrogens is 2. The summed E-state index contributed by atoms with van der Waals surface area (Å²) in [5, 5.41) is 3.98. The summed E-state index contributed by atoms with van der Waals surface area (Å²) in [6.45, 7) is 0. The fourth-order valence-corrected chi connectivity index (χ4v) is 2.12. The first-order chi connectivity index (χ1) is 7.48. The molecular weight excluding hydrogens is 231 g/mol. The van der Waals surface area contributed by atoms with E-state index in [2.05, 4.69) is 5.10 Å². The van der Waals surface area contributed by atoms with Gasteiger partial charge in [0, 0.05) is 6.26 Å². The van der Waals surface area contributed by atoms with Crippen LogP contribution >= 0.6 is 0 Å². The summed E-state index contributed by atoms with van der Waals surface area (Å²) >= 11 is 0. The molecule has 1 aromatic heterocycles. The second-order valence-electron chi connectivity index (χ2n) is 3.33. The summed E-state index contributed by atoms with van der Waals surface area (Å²) in [7, 11) is -3.34. The molecule has 0 amide bonds. The first-order valence-corrected chi connectivity index (χ1v) is 6.37. The van der Waals surface area contributed by atoms with Gasteiger partial charge in [0.05, 0.1) is 11.9 Å². The maximum absolute atomic E-state index is 12.7. The summed E-state index contributed by atoms with van der Waals surface area (Å²) < 4.78 is 36.8. The minimum atomic E-state index is -3.34. The van der Waals surface area contributed by atoms with Crippen molar-refractivity contribution < 1.29 is 12.8 Å². The predicted octanol–water partition coefficient (Wildman–Crippen LogP) is 1.41. The Hall–Kier alpha value is -1.69. The topological polar surface area (TPSA) is 52.0 Å². The van der Waals surface area contributed by atoms with E-state index in [1.807, 2.05) is 0 Å². The van der Waals surface area contributed by atoms with E-state index in [1.165, 1.54) is 41.2 Å². The summed E-state index contributed by atoms with van der Waals surface area (Å²) in [6, 6.07) is 6.85. The molecule has 0 saturated carbocycles. The highest BCUT2D eigenvalue weighted by atomic mass is 32.2. The highest BCUT2D eigenvalue weighted by molar-refractivity contribution is 7.90. The third-order valence-corrected chi connectivity index (χ3v) is 3.13. The average Bonchev–Trinajstić information content (AvgIpc) is 2.66. The molecule has 0 atom stereocenters. The molecule has 0 radical (unpaired) electrons. The SMILES string of the molecule is CS(=O)(=O)c1ccnn1-c1ccc(F)cc1. The molecule has 0 bridgehead atoms. The number of rotatable bonds is 2. The van der Waals surface area contributed by atoms with Gasteiger partial charge in [-0.1, -0.05) is 0 Å². The largest absolute Gasteiger partial charge is 0.222 e. The van der Waals surface area contributed by atoms with Crippen LogP contribution in [-0.2, 0) is 9.84 Å². The number of nitrogens with zero attached hydrogens (tertiary/aromatic N) is 2. The van der Waals surface area contributed by atoms with Crippen molar-refractivity contribution in [3.8, 4) is 5.69 Å². The molecule has 0 aliphatic carbocycles. The second-order valence-corrected chi connectivity index (χ2v) is 5.29. The molecule has 84 valence electrons. The van der Waals surface area contributed by atoms with Gasteiger partial charge in [-0.25, -0.2) is 17.5 Å². The van der Waals surface area contributed by atoms with Gasteiger partial charge in [-0.15, -0.1) is 0 Å². The van der Waals surface area contributed by atoms with E-state index in [0.29, 0.717) is 5.69 Å². The van der Waals surface area contributed by atoms with Crippen molar-refractivity contribution in [3.63, 3.8) is 0 Å². The van der Waals surface area contributed by atoms with Crippen molar-refractivity contribution in [1.82, 2.24) is 9.78 Å². The van der Waals surface area contributed by atoms with E-state index in [9.17, 15) is 12.8 Å². The highest BCUT2D eigenvalue weighted by Crippen LogP contribution is 2.15. The minimum Gasteiger partial charge on any atom is -0.222 e. The molecule has 2 aromatic rings. The Kier molecular flexibility index (Phi) is 2.51. The highest BCUT2D eigenvalue weighted by Gasteiger charge is 2.14. The lowest BCUT2D eigenvalue weighted by atomic mass is 10.3. The molecule has 6 heteroatoms. The monoisotopic (exact) mass is 240 g/mol. The Morgan fingerprint density at radius 3 is 2.38 bits per heavy atom. The molecule has 0 saturated heterocycles. The van der Waals surface area contributed by atoms with E-state index >= 15 is 0 Å². The van der Waals surface area contributed by atoms with Gasteiger partial charge in [-0.05, 0) is 30.3 Å². The van der Waals surface area contributed by atoms with E-state index < -0.39 is 9.84 Å².